The van der Waals surface area contributed by atoms with Gasteiger partial charge >= 0.3 is 0 Å². The van der Waals surface area contributed by atoms with Crippen LogP contribution < -0.4 is 0 Å². The van der Waals surface area contributed by atoms with E-state index in [4.69, 9.17) is 10.5 Å². The maximum absolute atomic E-state index is 12.2. The number of nitrogens with zero attached hydrogens (tertiary/aromatic N) is 2. The molecule has 0 radical (unpaired) electrons. The summed E-state index contributed by atoms with van der Waals surface area (Å²) < 4.78 is 0. The lowest BCUT2D eigenvalue weighted by Crippen LogP contribution is -2.29. The summed E-state index contributed by atoms with van der Waals surface area (Å²) in [6.07, 6.45) is 0.222. The van der Waals surface area contributed by atoms with Gasteiger partial charge in [0.2, 0.25) is 0 Å². The van der Waals surface area contributed by atoms with Gasteiger partial charge in [-0.25, -0.2) is 0 Å². The maximum atomic E-state index is 12.2. The molecular formula is C16H18N2O. The first kappa shape index (κ1) is 14.9. The van der Waals surface area contributed by atoms with E-state index in [-0.39, 0.29) is 23.5 Å². The number of carbonyl (C=O) groups is 1. The standard InChI is InChI=1S/C16H18N2O/c1-16(2,3)14(13(10-17)11-18)9-15(19)12-7-5-4-6-8-12/h4-8,13-14H,9H2,1-3H3. The van der Waals surface area contributed by atoms with Crippen molar-refractivity contribution in [3.8, 4) is 12.1 Å². The van der Waals surface area contributed by atoms with Crippen LogP contribution in [0.25, 0.3) is 0 Å². The predicted molar refractivity (Wildman–Crippen MR) is 73.1 cm³/mol. The Balaban J connectivity index is 2.95. The van der Waals surface area contributed by atoms with Gasteiger partial charge in [-0.1, -0.05) is 51.1 Å². The van der Waals surface area contributed by atoms with Gasteiger partial charge in [0.15, 0.2) is 5.78 Å². The quantitative estimate of drug-likeness (QED) is 0.771. The molecule has 0 aliphatic carbocycles. The highest BCUT2D eigenvalue weighted by Gasteiger charge is 2.34. The summed E-state index contributed by atoms with van der Waals surface area (Å²) in [6.45, 7) is 5.87. The fourth-order valence-electron chi connectivity index (χ4n) is 2.07. The maximum Gasteiger partial charge on any atom is 0.163 e. The van der Waals surface area contributed by atoms with Crippen LogP contribution in [0.3, 0.4) is 0 Å². The molecule has 0 amide bonds. The number of rotatable bonds is 4. The van der Waals surface area contributed by atoms with Crippen molar-refractivity contribution in [2.45, 2.75) is 27.2 Å². The average Bonchev–Trinajstić information content (AvgIpc) is 2.38. The molecule has 1 atom stereocenters. The predicted octanol–water partition coefficient (Wildman–Crippen LogP) is 3.59. The van der Waals surface area contributed by atoms with Crippen LogP contribution in [-0.2, 0) is 0 Å². The van der Waals surface area contributed by atoms with Crippen LogP contribution in [-0.4, -0.2) is 5.78 Å². The molecule has 3 nitrogen and oxygen atoms in total. The third-order valence-corrected chi connectivity index (χ3v) is 3.29. The molecule has 19 heavy (non-hydrogen) atoms. The zero-order valence-electron chi connectivity index (χ0n) is 11.6. The van der Waals surface area contributed by atoms with E-state index in [1.807, 2.05) is 51.1 Å². The van der Waals surface area contributed by atoms with E-state index < -0.39 is 5.92 Å². The summed E-state index contributed by atoms with van der Waals surface area (Å²) in [6, 6.07) is 13.0. The van der Waals surface area contributed by atoms with Crippen molar-refractivity contribution in [2.24, 2.45) is 17.3 Å². The smallest absolute Gasteiger partial charge is 0.163 e. The molecule has 0 N–H and O–H groups in total. The van der Waals surface area contributed by atoms with E-state index in [1.54, 1.807) is 12.1 Å². The first-order chi connectivity index (χ1) is 8.90. The third kappa shape index (κ3) is 3.93. The summed E-state index contributed by atoms with van der Waals surface area (Å²) in [5.41, 5.74) is 0.368. The highest BCUT2D eigenvalue weighted by atomic mass is 16.1. The minimum atomic E-state index is -0.757. The van der Waals surface area contributed by atoms with E-state index in [2.05, 4.69) is 0 Å². The number of benzene rings is 1. The average molecular weight is 254 g/mol. The zero-order valence-corrected chi connectivity index (χ0v) is 11.6. The number of Topliss-reactive ketones (excluding diaryl/α,β-unsaturated/α-hetero) is 1. The van der Waals surface area contributed by atoms with Crippen molar-refractivity contribution in [1.82, 2.24) is 0 Å². The Morgan fingerprint density at radius 1 is 1.16 bits per heavy atom. The van der Waals surface area contributed by atoms with E-state index >= 15 is 0 Å². The van der Waals surface area contributed by atoms with Gasteiger partial charge in [-0.2, -0.15) is 10.5 Å². The number of hydrogen-bond acceptors (Lipinski definition) is 3. The molecule has 98 valence electrons. The van der Waals surface area contributed by atoms with Crippen molar-refractivity contribution in [2.75, 3.05) is 0 Å². The number of carbonyl (C=O) groups excluding carboxylic acids is 1. The Morgan fingerprint density at radius 3 is 2.11 bits per heavy atom. The van der Waals surface area contributed by atoms with Gasteiger partial charge in [0, 0.05) is 12.0 Å². The Bertz CT molecular complexity index is 500. The fourth-order valence-corrected chi connectivity index (χ4v) is 2.07. The van der Waals surface area contributed by atoms with E-state index in [0.29, 0.717) is 5.56 Å². The van der Waals surface area contributed by atoms with Crippen molar-refractivity contribution in [3.05, 3.63) is 35.9 Å². The zero-order chi connectivity index (χ0) is 14.5. The van der Waals surface area contributed by atoms with Crippen molar-refractivity contribution in [1.29, 1.82) is 10.5 Å². The van der Waals surface area contributed by atoms with Gasteiger partial charge < -0.3 is 0 Å². The highest BCUT2D eigenvalue weighted by molar-refractivity contribution is 5.96. The summed E-state index contributed by atoms with van der Waals surface area (Å²) in [5.74, 6) is -1.04. The molecule has 0 saturated heterocycles. The number of ketones is 1. The van der Waals surface area contributed by atoms with Crippen molar-refractivity contribution in [3.63, 3.8) is 0 Å². The fraction of sp³-hybridized carbons (Fsp3) is 0.438. The molecular weight excluding hydrogens is 236 g/mol. The van der Waals surface area contributed by atoms with E-state index in [0.717, 1.165) is 0 Å². The second-order valence-corrected chi connectivity index (χ2v) is 5.70. The Kier molecular flexibility index (Phi) is 4.84. The third-order valence-electron chi connectivity index (χ3n) is 3.29. The van der Waals surface area contributed by atoms with E-state index in [1.165, 1.54) is 0 Å². The second kappa shape index (κ2) is 6.16. The SMILES string of the molecule is CC(C)(C)C(CC(=O)c1ccccc1)C(C#N)C#N. The Hall–Kier alpha value is -2.13. The van der Waals surface area contributed by atoms with Gasteiger partial charge in [-0.15, -0.1) is 0 Å². The summed E-state index contributed by atoms with van der Waals surface area (Å²) in [5, 5.41) is 18.1. The Morgan fingerprint density at radius 2 is 1.68 bits per heavy atom. The largest absolute Gasteiger partial charge is 0.294 e. The molecule has 1 unspecified atom stereocenters. The van der Waals surface area contributed by atoms with Crippen molar-refractivity contribution < 1.29 is 4.79 Å². The first-order valence-corrected chi connectivity index (χ1v) is 6.27. The van der Waals surface area contributed by atoms with Crippen LogP contribution in [0.15, 0.2) is 30.3 Å². The molecule has 3 heteroatoms. The lowest BCUT2D eigenvalue weighted by atomic mass is 9.71. The summed E-state index contributed by atoms with van der Waals surface area (Å²) in [4.78, 5) is 12.2. The number of hydrogen-bond donors (Lipinski definition) is 0. The number of nitriles is 2. The molecule has 0 bridgehead atoms. The van der Waals surface area contributed by atoms with Crippen molar-refractivity contribution >= 4 is 5.78 Å². The second-order valence-electron chi connectivity index (χ2n) is 5.70. The molecule has 0 aromatic heterocycles. The monoisotopic (exact) mass is 254 g/mol. The highest BCUT2D eigenvalue weighted by Crippen LogP contribution is 2.35. The summed E-state index contributed by atoms with van der Waals surface area (Å²) in [7, 11) is 0. The molecule has 0 heterocycles. The van der Waals surface area contributed by atoms with Crippen LogP contribution in [0.1, 0.15) is 37.6 Å². The van der Waals surface area contributed by atoms with Gasteiger partial charge in [0.25, 0.3) is 0 Å². The Labute approximate surface area is 114 Å². The van der Waals surface area contributed by atoms with Crippen LogP contribution in [0, 0.1) is 39.9 Å². The lowest BCUT2D eigenvalue weighted by molar-refractivity contribution is 0.0899. The molecule has 1 rings (SSSR count). The molecule has 0 aliphatic rings. The van der Waals surface area contributed by atoms with Crippen LogP contribution in [0.2, 0.25) is 0 Å². The lowest BCUT2D eigenvalue weighted by Gasteiger charge is -2.30. The molecule has 1 aromatic carbocycles. The van der Waals surface area contributed by atoms with Gasteiger partial charge in [0.05, 0.1) is 12.1 Å². The molecule has 0 spiro atoms. The first-order valence-electron chi connectivity index (χ1n) is 6.27. The minimum Gasteiger partial charge on any atom is -0.294 e. The normalized spacial score (nSPS) is 12.5. The van der Waals surface area contributed by atoms with E-state index in [9.17, 15) is 4.79 Å². The molecule has 0 aliphatic heterocycles. The van der Waals surface area contributed by atoms with Gasteiger partial charge in [-0.3, -0.25) is 4.79 Å². The minimum absolute atomic E-state index is 0.0176. The van der Waals surface area contributed by atoms with Crippen LogP contribution in [0.4, 0.5) is 0 Å². The molecule has 0 fully saturated rings. The molecule has 0 saturated carbocycles. The van der Waals surface area contributed by atoms with Crippen LogP contribution in [0.5, 0.6) is 0 Å². The topological polar surface area (TPSA) is 64.7 Å². The van der Waals surface area contributed by atoms with Gasteiger partial charge in [-0.05, 0) is 11.3 Å². The van der Waals surface area contributed by atoms with Crippen LogP contribution >= 0.6 is 0 Å². The van der Waals surface area contributed by atoms with Gasteiger partial charge in [0.1, 0.15) is 5.92 Å². The summed E-state index contributed by atoms with van der Waals surface area (Å²) >= 11 is 0. The molecule has 1 aromatic rings.